The molecule has 0 aromatic carbocycles. The Labute approximate surface area is 118 Å². The second kappa shape index (κ2) is 8.39. The quantitative estimate of drug-likeness (QED) is 0.517. The van der Waals surface area contributed by atoms with Crippen LogP contribution < -0.4 is 0 Å². The molecule has 1 N–H and O–H groups in total. The van der Waals surface area contributed by atoms with E-state index in [1.807, 2.05) is 0 Å². The van der Waals surface area contributed by atoms with E-state index in [1.165, 1.54) is 12.5 Å². The molecule has 0 aliphatic heterocycles. The van der Waals surface area contributed by atoms with Crippen molar-refractivity contribution in [2.24, 2.45) is 17.8 Å². The molecule has 0 saturated heterocycles. The molecule has 1 atom stereocenters. The van der Waals surface area contributed by atoms with Gasteiger partial charge in [0.05, 0.1) is 5.76 Å². The summed E-state index contributed by atoms with van der Waals surface area (Å²) in [6.07, 6.45) is 10.0. The van der Waals surface area contributed by atoms with Gasteiger partial charge in [0.25, 0.3) is 0 Å². The van der Waals surface area contributed by atoms with Gasteiger partial charge in [0.15, 0.2) is 5.78 Å². The summed E-state index contributed by atoms with van der Waals surface area (Å²) in [6.45, 7) is 6.55. The van der Waals surface area contributed by atoms with Crippen LogP contribution in [-0.4, -0.2) is 10.9 Å². The average Bonchev–Trinajstić information content (AvgIpc) is 2.39. The molecule has 1 fully saturated rings. The lowest BCUT2D eigenvalue weighted by atomic mass is 9.84. The summed E-state index contributed by atoms with van der Waals surface area (Å²) in [5.74, 6) is 1.65. The van der Waals surface area contributed by atoms with E-state index in [4.69, 9.17) is 0 Å². The molecular formula is C17H30O2. The van der Waals surface area contributed by atoms with Crippen LogP contribution in [0.1, 0.15) is 72.1 Å². The van der Waals surface area contributed by atoms with E-state index in [-0.39, 0.29) is 11.7 Å². The van der Waals surface area contributed by atoms with Gasteiger partial charge in [-0.15, -0.1) is 0 Å². The lowest BCUT2D eigenvalue weighted by Gasteiger charge is -2.21. The molecule has 0 heterocycles. The maximum atomic E-state index is 12.1. The van der Waals surface area contributed by atoms with Crippen LogP contribution in [0.15, 0.2) is 11.8 Å². The SMILES string of the molecule is CCCC(C/C(O)=C/C(=O)C1CCCCC1)C(C)C. The molecule has 1 rings (SSSR count). The molecule has 1 saturated carbocycles. The van der Waals surface area contributed by atoms with E-state index in [0.717, 1.165) is 38.5 Å². The number of aliphatic hydroxyl groups excluding tert-OH is 1. The maximum Gasteiger partial charge on any atom is 0.162 e. The number of aliphatic hydroxyl groups is 1. The van der Waals surface area contributed by atoms with Crippen molar-refractivity contribution in [3.63, 3.8) is 0 Å². The molecule has 1 aliphatic carbocycles. The standard InChI is InChI=1S/C17H30O2/c1-4-8-15(13(2)3)11-16(18)12-17(19)14-9-6-5-7-10-14/h12-15,18H,4-11H2,1-3H3/b16-12-. The van der Waals surface area contributed by atoms with Gasteiger partial charge in [0.2, 0.25) is 0 Å². The third-order valence-electron chi connectivity index (χ3n) is 4.39. The zero-order chi connectivity index (χ0) is 14.3. The van der Waals surface area contributed by atoms with Crippen LogP contribution >= 0.6 is 0 Å². The van der Waals surface area contributed by atoms with Crippen molar-refractivity contribution < 1.29 is 9.90 Å². The lowest BCUT2D eigenvalue weighted by molar-refractivity contribution is -0.119. The van der Waals surface area contributed by atoms with Crippen LogP contribution in [0.3, 0.4) is 0 Å². The van der Waals surface area contributed by atoms with Crippen LogP contribution in [0.2, 0.25) is 0 Å². The van der Waals surface area contributed by atoms with Crippen LogP contribution in [0.4, 0.5) is 0 Å². The Morgan fingerprint density at radius 1 is 1.26 bits per heavy atom. The second-order valence-electron chi connectivity index (χ2n) is 6.37. The Morgan fingerprint density at radius 2 is 1.89 bits per heavy atom. The minimum Gasteiger partial charge on any atom is -0.512 e. The van der Waals surface area contributed by atoms with Crippen molar-refractivity contribution in [3.05, 3.63) is 11.8 Å². The number of ketones is 1. The van der Waals surface area contributed by atoms with E-state index in [2.05, 4.69) is 20.8 Å². The highest BCUT2D eigenvalue weighted by molar-refractivity contribution is 5.92. The van der Waals surface area contributed by atoms with Crippen molar-refractivity contribution in [2.75, 3.05) is 0 Å². The van der Waals surface area contributed by atoms with Crippen molar-refractivity contribution >= 4 is 5.78 Å². The third-order valence-corrected chi connectivity index (χ3v) is 4.39. The molecule has 110 valence electrons. The van der Waals surface area contributed by atoms with Crippen molar-refractivity contribution in [1.29, 1.82) is 0 Å². The number of carbonyl (C=O) groups excluding carboxylic acids is 1. The second-order valence-corrected chi connectivity index (χ2v) is 6.37. The predicted octanol–water partition coefficient (Wildman–Crippen LogP) is 5.04. The number of rotatable bonds is 7. The summed E-state index contributed by atoms with van der Waals surface area (Å²) in [4.78, 5) is 12.1. The molecule has 2 heteroatoms. The number of allylic oxidation sites excluding steroid dienone is 2. The lowest BCUT2D eigenvalue weighted by Crippen LogP contribution is -2.17. The van der Waals surface area contributed by atoms with Crippen LogP contribution in [0, 0.1) is 17.8 Å². The molecule has 1 aliphatic rings. The largest absolute Gasteiger partial charge is 0.512 e. The number of carbonyl (C=O) groups is 1. The van der Waals surface area contributed by atoms with E-state index in [0.29, 0.717) is 24.0 Å². The maximum absolute atomic E-state index is 12.1. The summed E-state index contributed by atoms with van der Waals surface area (Å²) < 4.78 is 0. The number of hydrogen-bond acceptors (Lipinski definition) is 2. The Kier molecular flexibility index (Phi) is 7.19. The van der Waals surface area contributed by atoms with Gasteiger partial charge < -0.3 is 5.11 Å². The molecule has 19 heavy (non-hydrogen) atoms. The number of hydrogen-bond donors (Lipinski definition) is 1. The first kappa shape index (κ1) is 16.3. The van der Waals surface area contributed by atoms with Crippen LogP contribution in [-0.2, 0) is 4.79 Å². The van der Waals surface area contributed by atoms with E-state index in [9.17, 15) is 9.90 Å². The Morgan fingerprint density at radius 3 is 2.42 bits per heavy atom. The van der Waals surface area contributed by atoms with Crippen molar-refractivity contribution in [1.82, 2.24) is 0 Å². The van der Waals surface area contributed by atoms with Gasteiger partial charge in [-0.1, -0.05) is 52.9 Å². The molecule has 0 spiro atoms. The van der Waals surface area contributed by atoms with Crippen molar-refractivity contribution in [2.45, 2.75) is 72.1 Å². The van der Waals surface area contributed by atoms with Gasteiger partial charge in [-0.25, -0.2) is 0 Å². The molecular weight excluding hydrogens is 236 g/mol. The monoisotopic (exact) mass is 266 g/mol. The fourth-order valence-electron chi connectivity index (χ4n) is 3.04. The zero-order valence-corrected chi connectivity index (χ0v) is 12.8. The van der Waals surface area contributed by atoms with Crippen LogP contribution in [0.5, 0.6) is 0 Å². The third kappa shape index (κ3) is 5.80. The normalized spacial score (nSPS) is 19.7. The van der Waals surface area contributed by atoms with Gasteiger partial charge in [0, 0.05) is 18.4 Å². The topological polar surface area (TPSA) is 37.3 Å². The van der Waals surface area contributed by atoms with E-state index >= 15 is 0 Å². The molecule has 1 unspecified atom stereocenters. The van der Waals surface area contributed by atoms with Gasteiger partial charge in [0.1, 0.15) is 0 Å². The molecule has 0 bridgehead atoms. The smallest absolute Gasteiger partial charge is 0.162 e. The highest BCUT2D eigenvalue weighted by atomic mass is 16.3. The predicted molar refractivity (Wildman–Crippen MR) is 80.1 cm³/mol. The highest BCUT2D eigenvalue weighted by Crippen LogP contribution is 2.27. The minimum absolute atomic E-state index is 0.149. The first-order valence-electron chi connectivity index (χ1n) is 7.98. The summed E-state index contributed by atoms with van der Waals surface area (Å²) in [5.41, 5.74) is 0. The highest BCUT2D eigenvalue weighted by Gasteiger charge is 2.21. The Bertz CT molecular complexity index is 298. The minimum atomic E-state index is 0.149. The van der Waals surface area contributed by atoms with Gasteiger partial charge in [-0.2, -0.15) is 0 Å². The summed E-state index contributed by atoms with van der Waals surface area (Å²) in [7, 11) is 0. The fourth-order valence-corrected chi connectivity index (χ4v) is 3.04. The molecule has 2 nitrogen and oxygen atoms in total. The fraction of sp³-hybridized carbons (Fsp3) is 0.824. The van der Waals surface area contributed by atoms with Gasteiger partial charge in [-0.3, -0.25) is 4.79 Å². The zero-order valence-electron chi connectivity index (χ0n) is 12.8. The Balaban J connectivity index is 2.51. The summed E-state index contributed by atoms with van der Waals surface area (Å²) in [5, 5.41) is 10.0. The molecule has 0 radical (unpaired) electrons. The molecule has 0 amide bonds. The summed E-state index contributed by atoms with van der Waals surface area (Å²) >= 11 is 0. The summed E-state index contributed by atoms with van der Waals surface area (Å²) in [6, 6.07) is 0. The molecule has 0 aromatic heterocycles. The van der Waals surface area contributed by atoms with Crippen LogP contribution in [0.25, 0.3) is 0 Å². The first-order chi connectivity index (χ1) is 9.04. The van der Waals surface area contributed by atoms with Gasteiger partial charge >= 0.3 is 0 Å². The van der Waals surface area contributed by atoms with Gasteiger partial charge in [-0.05, 0) is 24.7 Å². The molecule has 0 aromatic rings. The van der Waals surface area contributed by atoms with E-state index in [1.54, 1.807) is 0 Å². The Hall–Kier alpha value is -0.790. The average molecular weight is 266 g/mol. The van der Waals surface area contributed by atoms with Crippen molar-refractivity contribution in [3.8, 4) is 0 Å². The van der Waals surface area contributed by atoms with E-state index < -0.39 is 0 Å². The first-order valence-corrected chi connectivity index (χ1v) is 7.98.